The molecule has 0 saturated carbocycles. The summed E-state index contributed by atoms with van der Waals surface area (Å²) in [5.41, 5.74) is 1.56. The van der Waals surface area contributed by atoms with Crippen molar-refractivity contribution in [3.05, 3.63) is 118 Å². The first-order valence-electron chi connectivity index (χ1n) is 14.3. The third-order valence-electron chi connectivity index (χ3n) is 6.98. The minimum Gasteiger partial charge on any atom is -0.457 e. The van der Waals surface area contributed by atoms with Crippen LogP contribution < -0.4 is 14.4 Å². The van der Waals surface area contributed by atoms with Gasteiger partial charge in [0.15, 0.2) is 0 Å². The number of aryl methyl sites for hydroxylation is 1. The molecule has 0 fully saturated rings. The number of ether oxygens (including phenoxy) is 1. The standard InChI is InChI=1S/C34H35Cl2N3O5S/c1-23(2)37-34(41)25(4)38(21-30-31(35)11-8-12-32(30)36)33(40)22-39(45(42,43)29-19-13-24(3)14-20-29)26-15-17-28(18-16-26)44-27-9-6-5-7-10-27/h5-20,23,25H,21-22H2,1-4H3,(H,37,41)/t25-/m1/s1. The number of nitrogens with zero attached hydrogens (tertiary/aromatic N) is 2. The Labute approximate surface area is 274 Å². The van der Waals surface area contributed by atoms with E-state index >= 15 is 0 Å². The summed E-state index contributed by atoms with van der Waals surface area (Å²) in [6.07, 6.45) is 0. The van der Waals surface area contributed by atoms with E-state index < -0.39 is 34.4 Å². The third-order valence-corrected chi connectivity index (χ3v) is 9.48. The Balaban J connectivity index is 1.73. The fourth-order valence-corrected chi connectivity index (χ4v) is 6.44. The molecule has 0 aliphatic heterocycles. The van der Waals surface area contributed by atoms with Crippen molar-refractivity contribution in [3.63, 3.8) is 0 Å². The Morgan fingerprint density at radius 2 is 1.38 bits per heavy atom. The summed E-state index contributed by atoms with van der Waals surface area (Å²) >= 11 is 12.9. The summed E-state index contributed by atoms with van der Waals surface area (Å²) in [5.74, 6) is 0.0691. The van der Waals surface area contributed by atoms with E-state index in [4.69, 9.17) is 27.9 Å². The van der Waals surface area contributed by atoms with Crippen molar-refractivity contribution in [2.24, 2.45) is 0 Å². The molecule has 0 aliphatic rings. The zero-order chi connectivity index (χ0) is 32.7. The van der Waals surface area contributed by atoms with Gasteiger partial charge >= 0.3 is 0 Å². The number of benzene rings is 4. The Morgan fingerprint density at radius 3 is 1.96 bits per heavy atom. The topological polar surface area (TPSA) is 96.0 Å². The molecule has 1 N–H and O–H groups in total. The lowest BCUT2D eigenvalue weighted by Gasteiger charge is -2.32. The van der Waals surface area contributed by atoms with Crippen LogP contribution in [0.4, 0.5) is 5.69 Å². The van der Waals surface area contributed by atoms with Gasteiger partial charge in [-0.1, -0.05) is 65.2 Å². The molecule has 8 nitrogen and oxygen atoms in total. The number of nitrogens with one attached hydrogen (secondary N) is 1. The van der Waals surface area contributed by atoms with Crippen molar-refractivity contribution < 1.29 is 22.7 Å². The number of anilines is 1. The van der Waals surface area contributed by atoms with Gasteiger partial charge in [0.05, 0.1) is 10.6 Å². The molecule has 4 aromatic rings. The zero-order valence-corrected chi connectivity index (χ0v) is 27.7. The van der Waals surface area contributed by atoms with Crippen molar-refractivity contribution in [2.75, 3.05) is 10.8 Å². The summed E-state index contributed by atoms with van der Waals surface area (Å²) < 4.78 is 35.1. The number of halogens is 2. The van der Waals surface area contributed by atoms with Crippen LogP contribution in [-0.4, -0.2) is 43.8 Å². The maximum absolute atomic E-state index is 14.2. The lowest BCUT2D eigenvalue weighted by Crippen LogP contribution is -2.52. The van der Waals surface area contributed by atoms with Gasteiger partial charge in [-0.05, 0) is 88.4 Å². The van der Waals surface area contributed by atoms with Crippen molar-refractivity contribution in [1.82, 2.24) is 10.2 Å². The maximum Gasteiger partial charge on any atom is 0.264 e. The first kappa shape index (κ1) is 33.8. The second kappa shape index (κ2) is 14.8. The highest BCUT2D eigenvalue weighted by atomic mass is 35.5. The van der Waals surface area contributed by atoms with Crippen LogP contribution in [0.3, 0.4) is 0 Å². The highest BCUT2D eigenvalue weighted by molar-refractivity contribution is 7.92. The summed E-state index contributed by atoms with van der Waals surface area (Å²) in [7, 11) is -4.23. The number of sulfonamides is 1. The van der Waals surface area contributed by atoms with Crippen molar-refractivity contribution in [2.45, 2.75) is 51.2 Å². The summed E-state index contributed by atoms with van der Waals surface area (Å²) in [5, 5.41) is 3.45. The van der Waals surface area contributed by atoms with Gasteiger partial charge in [-0.3, -0.25) is 13.9 Å². The van der Waals surface area contributed by atoms with Crippen LogP contribution >= 0.6 is 23.2 Å². The summed E-state index contributed by atoms with van der Waals surface area (Å²) in [4.78, 5) is 28.6. The van der Waals surface area contributed by atoms with Gasteiger partial charge in [-0.2, -0.15) is 0 Å². The third kappa shape index (κ3) is 8.57. The average Bonchev–Trinajstić information content (AvgIpc) is 3.00. The molecule has 11 heteroatoms. The lowest BCUT2D eigenvalue weighted by atomic mass is 10.1. The van der Waals surface area contributed by atoms with Crippen LogP contribution in [0, 0.1) is 6.92 Å². The van der Waals surface area contributed by atoms with Crippen LogP contribution in [0.15, 0.2) is 102 Å². The van der Waals surface area contributed by atoms with Gasteiger partial charge in [0.1, 0.15) is 24.1 Å². The normalized spacial score (nSPS) is 12.0. The van der Waals surface area contributed by atoms with E-state index in [9.17, 15) is 18.0 Å². The molecular formula is C34H35Cl2N3O5S. The molecule has 4 aromatic carbocycles. The van der Waals surface area contributed by atoms with Gasteiger partial charge in [-0.25, -0.2) is 8.42 Å². The van der Waals surface area contributed by atoms with Crippen LogP contribution in [-0.2, 0) is 26.2 Å². The average molecular weight is 669 g/mol. The molecule has 0 aromatic heterocycles. The fourth-order valence-electron chi connectivity index (χ4n) is 4.51. The van der Waals surface area contributed by atoms with Crippen LogP contribution in [0.25, 0.3) is 0 Å². The molecule has 0 heterocycles. The Morgan fingerprint density at radius 1 is 0.800 bits per heavy atom. The lowest BCUT2D eigenvalue weighted by molar-refractivity contribution is -0.139. The molecule has 0 aliphatic carbocycles. The number of carbonyl (C=O) groups excluding carboxylic acids is 2. The van der Waals surface area contributed by atoms with Gasteiger partial charge in [-0.15, -0.1) is 0 Å². The molecule has 0 saturated heterocycles. The van der Waals surface area contributed by atoms with Crippen LogP contribution in [0.1, 0.15) is 31.9 Å². The molecular weight excluding hydrogens is 633 g/mol. The zero-order valence-electron chi connectivity index (χ0n) is 25.4. The number of hydrogen-bond donors (Lipinski definition) is 1. The molecule has 2 amide bonds. The number of para-hydroxylation sites is 1. The highest BCUT2D eigenvalue weighted by Crippen LogP contribution is 2.30. The van der Waals surface area contributed by atoms with Crippen molar-refractivity contribution in [1.29, 1.82) is 0 Å². The minimum absolute atomic E-state index is 0.0109. The fraction of sp³-hybridized carbons (Fsp3) is 0.235. The molecule has 45 heavy (non-hydrogen) atoms. The molecule has 1 atom stereocenters. The number of hydrogen-bond acceptors (Lipinski definition) is 5. The predicted molar refractivity (Wildman–Crippen MR) is 178 cm³/mol. The van der Waals surface area contributed by atoms with Gasteiger partial charge in [0.25, 0.3) is 10.0 Å². The Kier molecular flexibility index (Phi) is 11.1. The van der Waals surface area contributed by atoms with Gasteiger partial charge in [0, 0.05) is 28.2 Å². The van der Waals surface area contributed by atoms with E-state index in [2.05, 4.69) is 5.32 Å². The van der Waals surface area contributed by atoms with E-state index in [1.807, 2.05) is 39.0 Å². The second-order valence-corrected chi connectivity index (χ2v) is 13.5. The maximum atomic E-state index is 14.2. The Bertz CT molecular complexity index is 1710. The quantitative estimate of drug-likeness (QED) is 0.172. The molecule has 236 valence electrons. The van der Waals surface area contributed by atoms with Crippen molar-refractivity contribution >= 4 is 50.7 Å². The largest absolute Gasteiger partial charge is 0.457 e. The first-order chi connectivity index (χ1) is 21.4. The Hall–Kier alpha value is -4.05. The number of amides is 2. The minimum atomic E-state index is -4.23. The summed E-state index contributed by atoms with van der Waals surface area (Å²) in [6, 6.07) is 25.7. The van der Waals surface area contributed by atoms with Crippen molar-refractivity contribution in [3.8, 4) is 11.5 Å². The van der Waals surface area contributed by atoms with E-state index in [0.29, 0.717) is 27.1 Å². The summed E-state index contributed by atoms with van der Waals surface area (Å²) in [6.45, 7) is 6.33. The first-order valence-corrected chi connectivity index (χ1v) is 16.5. The highest BCUT2D eigenvalue weighted by Gasteiger charge is 2.33. The van der Waals surface area contributed by atoms with E-state index in [-0.39, 0.29) is 23.2 Å². The smallest absolute Gasteiger partial charge is 0.264 e. The van der Waals surface area contributed by atoms with Crippen LogP contribution in [0.5, 0.6) is 11.5 Å². The van der Waals surface area contributed by atoms with E-state index in [0.717, 1.165) is 9.87 Å². The number of rotatable bonds is 12. The monoisotopic (exact) mass is 667 g/mol. The molecule has 0 unspecified atom stereocenters. The molecule has 4 rings (SSSR count). The SMILES string of the molecule is Cc1ccc(S(=O)(=O)N(CC(=O)N(Cc2c(Cl)cccc2Cl)[C@H](C)C(=O)NC(C)C)c2ccc(Oc3ccccc3)cc2)cc1. The second-order valence-electron chi connectivity index (χ2n) is 10.8. The van der Waals surface area contributed by atoms with Gasteiger partial charge in [0.2, 0.25) is 11.8 Å². The predicted octanol–water partition coefficient (Wildman–Crippen LogP) is 7.23. The van der Waals surface area contributed by atoms with Crippen LogP contribution in [0.2, 0.25) is 10.0 Å². The molecule has 0 radical (unpaired) electrons. The molecule has 0 spiro atoms. The number of carbonyl (C=O) groups is 2. The van der Waals surface area contributed by atoms with E-state index in [1.54, 1.807) is 73.7 Å². The van der Waals surface area contributed by atoms with Gasteiger partial charge < -0.3 is 15.0 Å². The molecule has 0 bridgehead atoms. The van der Waals surface area contributed by atoms with E-state index in [1.165, 1.54) is 17.0 Å².